The van der Waals surface area contributed by atoms with E-state index in [4.69, 9.17) is 10.5 Å². The Morgan fingerprint density at radius 3 is 2.66 bits per heavy atom. The summed E-state index contributed by atoms with van der Waals surface area (Å²) in [5.41, 5.74) is 7.78. The van der Waals surface area contributed by atoms with Crippen LogP contribution in [0.25, 0.3) is 0 Å². The molecule has 0 radical (unpaired) electrons. The summed E-state index contributed by atoms with van der Waals surface area (Å²) in [5, 5.41) is 6.96. The van der Waals surface area contributed by atoms with Gasteiger partial charge < -0.3 is 10.5 Å². The molecule has 1 fully saturated rings. The first-order valence-electron chi connectivity index (χ1n) is 10.3. The maximum absolute atomic E-state index is 14.2. The second-order valence-electron chi connectivity index (χ2n) is 8.18. The van der Waals surface area contributed by atoms with Crippen LogP contribution in [0.5, 0.6) is 0 Å². The summed E-state index contributed by atoms with van der Waals surface area (Å²) in [6.07, 6.45) is -0.239. The number of nitrogens with zero attached hydrogens (tertiary/aromatic N) is 2. The van der Waals surface area contributed by atoms with Crippen molar-refractivity contribution in [3.63, 3.8) is 0 Å². The average molecular weight is 461 g/mol. The van der Waals surface area contributed by atoms with Crippen molar-refractivity contribution in [2.45, 2.75) is 47.6 Å². The maximum Gasteiger partial charge on any atom is 0.226 e. The van der Waals surface area contributed by atoms with Crippen LogP contribution in [-0.4, -0.2) is 42.2 Å². The SMILES string of the molecule is N[C@H]1C[C@@H](N2Cc3[nH]nc(S(=O)(=O)c4ccccc4)c3C2)CO[C@@H]1c1cc(F)ccc1F. The maximum atomic E-state index is 14.2. The standard InChI is InChI=1S/C22H22F2N4O3S/c23-13-6-7-18(24)16(8-13)21-19(25)9-14(12-31-21)28-10-17-20(11-28)26-27-22(17)32(29,30)15-4-2-1-3-5-15/h1-8,14,19,21H,9-12,25H2,(H,26,27)/t14-,19+,21-/m1/s1. The Labute approximate surface area is 184 Å². The third kappa shape index (κ3) is 3.62. The predicted octanol–water partition coefficient (Wildman–Crippen LogP) is 2.69. The summed E-state index contributed by atoms with van der Waals surface area (Å²) in [6.45, 7) is 1.13. The van der Waals surface area contributed by atoms with Crippen molar-refractivity contribution < 1.29 is 21.9 Å². The summed E-state index contributed by atoms with van der Waals surface area (Å²) in [4.78, 5) is 2.26. The minimum atomic E-state index is -3.74. The molecule has 7 nitrogen and oxygen atoms in total. The molecule has 32 heavy (non-hydrogen) atoms. The number of rotatable bonds is 4. The molecule has 1 saturated heterocycles. The lowest BCUT2D eigenvalue weighted by Crippen LogP contribution is -2.47. The van der Waals surface area contributed by atoms with Crippen molar-refractivity contribution in [1.82, 2.24) is 15.1 Å². The Morgan fingerprint density at radius 1 is 1.12 bits per heavy atom. The molecule has 2 aromatic carbocycles. The minimum absolute atomic E-state index is 0.0296. The zero-order valence-corrected chi connectivity index (χ0v) is 17.9. The first-order chi connectivity index (χ1) is 15.3. The Bertz CT molecular complexity index is 1250. The molecular formula is C22H22F2N4O3S. The molecule has 3 atom stereocenters. The molecule has 2 aliphatic heterocycles. The van der Waals surface area contributed by atoms with Gasteiger partial charge in [0.05, 0.1) is 17.2 Å². The molecule has 0 spiro atoms. The fourth-order valence-electron chi connectivity index (χ4n) is 4.48. The van der Waals surface area contributed by atoms with E-state index in [2.05, 4.69) is 15.1 Å². The van der Waals surface area contributed by atoms with Gasteiger partial charge in [0.2, 0.25) is 9.84 Å². The van der Waals surface area contributed by atoms with Crippen LogP contribution in [0.4, 0.5) is 8.78 Å². The zero-order valence-electron chi connectivity index (χ0n) is 17.0. The Balaban J connectivity index is 1.32. The number of benzene rings is 2. The van der Waals surface area contributed by atoms with Gasteiger partial charge in [0.1, 0.15) is 17.7 Å². The fraction of sp³-hybridized carbons (Fsp3) is 0.318. The molecule has 168 valence electrons. The number of nitrogens with one attached hydrogen (secondary N) is 1. The summed E-state index contributed by atoms with van der Waals surface area (Å²) in [7, 11) is -3.74. The number of halogens is 2. The number of H-pyrrole nitrogens is 1. The first kappa shape index (κ1) is 21.2. The monoisotopic (exact) mass is 460 g/mol. The number of fused-ring (bicyclic) bond motifs is 1. The molecule has 0 bridgehead atoms. The van der Waals surface area contributed by atoms with E-state index < -0.39 is 33.6 Å². The molecule has 2 aliphatic rings. The van der Waals surface area contributed by atoms with E-state index in [9.17, 15) is 17.2 Å². The van der Waals surface area contributed by atoms with Gasteiger partial charge in [-0.2, -0.15) is 5.10 Å². The van der Waals surface area contributed by atoms with Crippen molar-refractivity contribution in [3.8, 4) is 0 Å². The van der Waals surface area contributed by atoms with E-state index >= 15 is 0 Å². The molecule has 0 amide bonds. The van der Waals surface area contributed by atoms with Crippen LogP contribution in [0.1, 0.15) is 29.3 Å². The molecular weight excluding hydrogens is 438 g/mol. The van der Waals surface area contributed by atoms with E-state index in [0.717, 1.165) is 23.9 Å². The summed E-state index contributed by atoms with van der Waals surface area (Å²) < 4.78 is 59.7. The van der Waals surface area contributed by atoms with Crippen molar-refractivity contribution in [3.05, 3.63) is 77.0 Å². The van der Waals surface area contributed by atoms with E-state index in [1.54, 1.807) is 30.3 Å². The van der Waals surface area contributed by atoms with Crippen LogP contribution in [-0.2, 0) is 27.7 Å². The molecule has 5 rings (SSSR count). The number of aromatic amines is 1. The van der Waals surface area contributed by atoms with E-state index in [0.29, 0.717) is 25.1 Å². The lowest BCUT2D eigenvalue weighted by Gasteiger charge is -2.38. The number of hydrogen-bond acceptors (Lipinski definition) is 6. The Hall–Kier alpha value is -2.66. The highest BCUT2D eigenvalue weighted by Gasteiger charge is 2.39. The largest absolute Gasteiger partial charge is 0.370 e. The Morgan fingerprint density at radius 2 is 1.91 bits per heavy atom. The topological polar surface area (TPSA) is 101 Å². The molecule has 3 N–H and O–H groups in total. The van der Waals surface area contributed by atoms with Gasteiger partial charge in [-0.1, -0.05) is 18.2 Å². The second kappa shape index (κ2) is 8.04. The zero-order chi connectivity index (χ0) is 22.5. The van der Waals surface area contributed by atoms with Gasteiger partial charge in [0, 0.05) is 36.3 Å². The lowest BCUT2D eigenvalue weighted by molar-refractivity contribution is -0.0534. The van der Waals surface area contributed by atoms with Crippen LogP contribution < -0.4 is 5.73 Å². The average Bonchev–Trinajstić information content (AvgIpc) is 3.37. The number of aromatic nitrogens is 2. The molecule has 3 heterocycles. The number of ether oxygens (including phenoxy) is 1. The number of nitrogens with two attached hydrogens (primary N) is 1. The van der Waals surface area contributed by atoms with Crippen LogP contribution >= 0.6 is 0 Å². The van der Waals surface area contributed by atoms with Gasteiger partial charge in [-0.25, -0.2) is 17.2 Å². The fourth-order valence-corrected chi connectivity index (χ4v) is 5.90. The molecule has 0 saturated carbocycles. The second-order valence-corrected chi connectivity index (χ2v) is 10.0. The highest BCUT2D eigenvalue weighted by Crippen LogP contribution is 2.36. The molecule has 3 aromatic rings. The summed E-state index contributed by atoms with van der Waals surface area (Å²) in [6, 6.07) is 10.8. The van der Waals surface area contributed by atoms with Gasteiger partial charge in [-0.3, -0.25) is 10.00 Å². The first-order valence-corrected chi connectivity index (χ1v) is 11.8. The van der Waals surface area contributed by atoms with E-state index in [-0.39, 0.29) is 28.1 Å². The van der Waals surface area contributed by atoms with Crippen molar-refractivity contribution in [2.24, 2.45) is 5.73 Å². The molecule has 0 aliphatic carbocycles. The van der Waals surface area contributed by atoms with E-state index in [1.165, 1.54) is 0 Å². The summed E-state index contributed by atoms with van der Waals surface area (Å²) in [5.74, 6) is -1.10. The summed E-state index contributed by atoms with van der Waals surface area (Å²) >= 11 is 0. The van der Waals surface area contributed by atoms with Gasteiger partial charge >= 0.3 is 0 Å². The normalized spacial score (nSPS) is 23.9. The highest BCUT2D eigenvalue weighted by atomic mass is 32.2. The number of hydrogen-bond donors (Lipinski definition) is 2. The third-order valence-corrected chi connectivity index (χ3v) is 7.87. The van der Waals surface area contributed by atoms with Crippen LogP contribution in [0.3, 0.4) is 0 Å². The smallest absolute Gasteiger partial charge is 0.226 e. The van der Waals surface area contributed by atoms with Gasteiger partial charge in [0.15, 0.2) is 5.03 Å². The van der Waals surface area contributed by atoms with Crippen LogP contribution in [0.2, 0.25) is 0 Å². The molecule has 0 unspecified atom stereocenters. The molecule has 10 heteroatoms. The Kier molecular flexibility index (Phi) is 5.32. The van der Waals surface area contributed by atoms with Crippen molar-refractivity contribution in [1.29, 1.82) is 0 Å². The minimum Gasteiger partial charge on any atom is -0.370 e. The molecule has 1 aromatic heterocycles. The van der Waals surface area contributed by atoms with Gasteiger partial charge in [0.25, 0.3) is 0 Å². The van der Waals surface area contributed by atoms with Crippen LogP contribution in [0.15, 0.2) is 58.5 Å². The highest BCUT2D eigenvalue weighted by molar-refractivity contribution is 7.91. The third-order valence-electron chi connectivity index (χ3n) is 6.13. The van der Waals surface area contributed by atoms with Crippen LogP contribution in [0, 0.1) is 11.6 Å². The van der Waals surface area contributed by atoms with Gasteiger partial charge in [-0.15, -0.1) is 0 Å². The quantitative estimate of drug-likeness (QED) is 0.621. The van der Waals surface area contributed by atoms with Crippen molar-refractivity contribution >= 4 is 9.84 Å². The number of sulfone groups is 1. The van der Waals surface area contributed by atoms with E-state index in [1.807, 2.05) is 0 Å². The van der Waals surface area contributed by atoms with Crippen molar-refractivity contribution in [2.75, 3.05) is 6.61 Å². The lowest BCUT2D eigenvalue weighted by atomic mass is 9.93. The predicted molar refractivity (Wildman–Crippen MR) is 111 cm³/mol. The van der Waals surface area contributed by atoms with Gasteiger partial charge in [-0.05, 0) is 36.8 Å².